The molecule has 0 aliphatic heterocycles. The van der Waals surface area contributed by atoms with Gasteiger partial charge in [-0.25, -0.2) is 0 Å². The molecule has 5 heteroatoms. The van der Waals surface area contributed by atoms with E-state index in [0.717, 1.165) is 4.90 Å². The van der Waals surface area contributed by atoms with Gasteiger partial charge in [0.25, 0.3) is 0 Å². The summed E-state index contributed by atoms with van der Waals surface area (Å²) in [4.78, 5) is 24.5. The zero-order valence-electron chi connectivity index (χ0n) is 11.2. The predicted molar refractivity (Wildman–Crippen MR) is 79.8 cm³/mol. The molecular formula is C15H17NO3S. The number of nitrogens with one attached hydrogen (secondary N) is 1. The molecule has 1 aliphatic rings. The number of allylic oxidation sites excluding steroid dienone is 2. The van der Waals surface area contributed by atoms with Crippen LogP contribution in [0.25, 0.3) is 0 Å². The predicted octanol–water partition coefficient (Wildman–Crippen LogP) is 3.01. The second kappa shape index (κ2) is 6.61. The lowest BCUT2D eigenvalue weighted by Crippen LogP contribution is -2.34. The maximum absolute atomic E-state index is 12.3. The molecule has 106 valence electrons. The first-order chi connectivity index (χ1) is 9.61. The van der Waals surface area contributed by atoms with Crippen molar-refractivity contribution in [3.05, 3.63) is 36.4 Å². The second-order valence-corrected chi connectivity index (χ2v) is 5.59. The fraction of sp³-hybridized carbons (Fsp3) is 0.333. The van der Waals surface area contributed by atoms with E-state index in [1.165, 1.54) is 0 Å². The summed E-state index contributed by atoms with van der Waals surface area (Å²) >= 11 is 1.59. The average molecular weight is 291 g/mol. The number of rotatable bonds is 4. The van der Waals surface area contributed by atoms with E-state index in [0.29, 0.717) is 18.5 Å². The normalized spacial score (nSPS) is 21.4. The van der Waals surface area contributed by atoms with Crippen LogP contribution >= 0.6 is 11.8 Å². The standard InChI is InChI=1S/C15H17NO3S/c1-20-11-6-4-5-10(9-11)16-14(17)12-7-2-3-8-13(12)15(18)19/h2-6,9,12-13H,7-8H2,1H3,(H,16,17)(H,18,19). The first kappa shape index (κ1) is 14.7. The van der Waals surface area contributed by atoms with E-state index in [2.05, 4.69) is 5.32 Å². The molecule has 0 aromatic heterocycles. The van der Waals surface area contributed by atoms with Gasteiger partial charge in [0.05, 0.1) is 11.8 Å². The Morgan fingerprint density at radius 1 is 1.25 bits per heavy atom. The fourth-order valence-electron chi connectivity index (χ4n) is 2.31. The van der Waals surface area contributed by atoms with E-state index in [9.17, 15) is 14.7 Å². The molecule has 0 heterocycles. The molecule has 0 spiro atoms. The molecule has 1 aromatic carbocycles. The number of carbonyl (C=O) groups excluding carboxylic acids is 1. The van der Waals surface area contributed by atoms with Crippen LogP contribution < -0.4 is 5.32 Å². The molecule has 0 saturated heterocycles. The average Bonchev–Trinajstić information content (AvgIpc) is 2.47. The highest BCUT2D eigenvalue weighted by molar-refractivity contribution is 7.98. The first-order valence-corrected chi connectivity index (χ1v) is 7.67. The highest BCUT2D eigenvalue weighted by atomic mass is 32.2. The molecule has 4 nitrogen and oxygen atoms in total. The van der Waals surface area contributed by atoms with Gasteiger partial charge in [-0.1, -0.05) is 18.2 Å². The van der Waals surface area contributed by atoms with E-state index in [1.54, 1.807) is 11.8 Å². The van der Waals surface area contributed by atoms with Gasteiger partial charge < -0.3 is 10.4 Å². The van der Waals surface area contributed by atoms with Crippen LogP contribution in [0.4, 0.5) is 5.69 Å². The Labute approximate surface area is 122 Å². The molecule has 20 heavy (non-hydrogen) atoms. The summed E-state index contributed by atoms with van der Waals surface area (Å²) < 4.78 is 0. The van der Waals surface area contributed by atoms with Crippen LogP contribution in [0.1, 0.15) is 12.8 Å². The highest BCUT2D eigenvalue weighted by Gasteiger charge is 2.33. The van der Waals surface area contributed by atoms with Crippen molar-refractivity contribution < 1.29 is 14.7 Å². The second-order valence-electron chi connectivity index (χ2n) is 4.72. The van der Waals surface area contributed by atoms with Crippen LogP contribution in [0.15, 0.2) is 41.3 Å². The Balaban J connectivity index is 2.10. The number of carboxylic acid groups (broad SMARTS) is 1. The van der Waals surface area contributed by atoms with Crippen molar-refractivity contribution in [3.63, 3.8) is 0 Å². The Morgan fingerprint density at radius 2 is 1.95 bits per heavy atom. The van der Waals surface area contributed by atoms with Gasteiger partial charge in [-0.15, -0.1) is 11.8 Å². The zero-order valence-corrected chi connectivity index (χ0v) is 12.0. The number of amides is 1. The lowest BCUT2D eigenvalue weighted by atomic mass is 9.82. The molecule has 1 amide bonds. The third-order valence-electron chi connectivity index (χ3n) is 3.42. The van der Waals surface area contributed by atoms with E-state index in [4.69, 9.17) is 0 Å². The first-order valence-electron chi connectivity index (χ1n) is 6.44. The molecule has 2 atom stereocenters. The van der Waals surface area contributed by atoms with Crippen molar-refractivity contribution >= 4 is 29.3 Å². The Hall–Kier alpha value is -1.75. The number of hydrogen-bond acceptors (Lipinski definition) is 3. The molecule has 2 N–H and O–H groups in total. The van der Waals surface area contributed by atoms with Crippen molar-refractivity contribution in [2.45, 2.75) is 17.7 Å². The third-order valence-corrected chi connectivity index (χ3v) is 4.15. The van der Waals surface area contributed by atoms with E-state index in [1.807, 2.05) is 42.7 Å². The van der Waals surface area contributed by atoms with Crippen LogP contribution in [-0.4, -0.2) is 23.2 Å². The third kappa shape index (κ3) is 3.42. The molecule has 0 radical (unpaired) electrons. The number of aliphatic carboxylic acids is 1. The Bertz CT molecular complexity index is 542. The largest absolute Gasteiger partial charge is 0.481 e. The van der Waals surface area contributed by atoms with Gasteiger partial charge in [0.1, 0.15) is 0 Å². The van der Waals surface area contributed by atoms with Gasteiger partial charge in [0.15, 0.2) is 0 Å². The van der Waals surface area contributed by atoms with Gasteiger partial charge >= 0.3 is 5.97 Å². The lowest BCUT2D eigenvalue weighted by Gasteiger charge is -2.24. The van der Waals surface area contributed by atoms with Crippen molar-refractivity contribution in [3.8, 4) is 0 Å². The van der Waals surface area contributed by atoms with Gasteiger partial charge in [0, 0.05) is 10.6 Å². The summed E-state index contributed by atoms with van der Waals surface area (Å²) in [6.45, 7) is 0. The monoisotopic (exact) mass is 291 g/mol. The molecule has 0 saturated carbocycles. The SMILES string of the molecule is CSc1cccc(NC(=O)C2CC=CCC2C(=O)O)c1. The van der Waals surface area contributed by atoms with Crippen molar-refractivity contribution in [1.29, 1.82) is 0 Å². The summed E-state index contributed by atoms with van der Waals surface area (Å²) in [6.07, 6.45) is 6.57. The van der Waals surface area contributed by atoms with E-state index >= 15 is 0 Å². The van der Waals surface area contributed by atoms with Crippen LogP contribution in [0.5, 0.6) is 0 Å². The maximum Gasteiger partial charge on any atom is 0.307 e. The maximum atomic E-state index is 12.3. The smallest absolute Gasteiger partial charge is 0.307 e. The number of carbonyl (C=O) groups is 2. The summed E-state index contributed by atoms with van der Waals surface area (Å²) in [7, 11) is 0. The minimum absolute atomic E-state index is 0.222. The summed E-state index contributed by atoms with van der Waals surface area (Å²) in [6, 6.07) is 7.53. The molecule has 1 aliphatic carbocycles. The van der Waals surface area contributed by atoms with Crippen molar-refractivity contribution in [1.82, 2.24) is 0 Å². The molecular weight excluding hydrogens is 274 g/mol. The van der Waals surface area contributed by atoms with Crippen molar-refractivity contribution in [2.75, 3.05) is 11.6 Å². The molecule has 2 rings (SSSR count). The summed E-state index contributed by atoms with van der Waals surface area (Å²) in [5.41, 5.74) is 0.709. The molecule has 0 fully saturated rings. The topological polar surface area (TPSA) is 66.4 Å². The van der Waals surface area contributed by atoms with Gasteiger partial charge in [-0.3, -0.25) is 9.59 Å². The van der Waals surface area contributed by atoms with E-state index < -0.39 is 17.8 Å². The number of hydrogen-bond donors (Lipinski definition) is 2. The summed E-state index contributed by atoms with van der Waals surface area (Å²) in [5.74, 6) is -2.27. The Kier molecular flexibility index (Phi) is 4.84. The summed E-state index contributed by atoms with van der Waals surface area (Å²) in [5, 5.41) is 12.0. The lowest BCUT2D eigenvalue weighted by molar-refractivity contribution is -0.146. The number of thioether (sulfide) groups is 1. The van der Waals surface area contributed by atoms with Crippen molar-refractivity contribution in [2.24, 2.45) is 11.8 Å². The molecule has 1 aromatic rings. The zero-order chi connectivity index (χ0) is 14.5. The number of anilines is 1. The Morgan fingerprint density at radius 3 is 2.60 bits per heavy atom. The number of benzene rings is 1. The van der Waals surface area contributed by atoms with Gasteiger partial charge in [-0.05, 0) is 37.3 Å². The van der Waals surface area contributed by atoms with E-state index in [-0.39, 0.29) is 5.91 Å². The van der Waals surface area contributed by atoms with Crippen LogP contribution in [0.2, 0.25) is 0 Å². The fourth-order valence-corrected chi connectivity index (χ4v) is 2.77. The van der Waals surface area contributed by atoms with Gasteiger partial charge in [-0.2, -0.15) is 0 Å². The quantitative estimate of drug-likeness (QED) is 0.661. The van der Waals surface area contributed by atoms with Gasteiger partial charge in [0.2, 0.25) is 5.91 Å². The molecule has 0 bridgehead atoms. The van der Waals surface area contributed by atoms with Crippen LogP contribution in [0, 0.1) is 11.8 Å². The molecule has 2 unspecified atom stereocenters. The van der Waals surface area contributed by atoms with Crippen LogP contribution in [0.3, 0.4) is 0 Å². The number of carboxylic acids is 1. The minimum Gasteiger partial charge on any atom is -0.481 e. The highest BCUT2D eigenvalue weighted by Crippen LogP contribution is 2.27. The minimum atomic E-state index is -0.910. The van der Waals surface area contributed by atoms with Crippen LogP contribution in [-0.2, 0) is 9.59 Å².